The van der Waals surface area contributed by atoms with Gasteiger partial charge in [-0.05, 0) is 94.0 Å². The van der Waals surface area contributed by atoms with E-state index < -0.39 is 23.7 Å². The van der Waals surface area contributed by atoms with Crippen LogP contribution in [-0.2, 0) is 0 Å². The van der Waals surface area contributed by atoms with Gasteiger partial charge in [-0.15, -0.1) is 0 Å². The van der Waals surface area contributed by atoms with Crippen molar-refractivity contribution in [3.63, 3.8) is 0 Å². The molecule has 0 aromatic rings. The van der Waals surface area contributed by atoms with Crippen LogP contribution in [-0.4, -0.2) is 39.1 Å². The highest BCUT2D eigenvalue weighted by Crippen LogP contribution is 2.60. The molecule has 3 aliphatic rings. The minimum Gasteiger partial charge on any atom is -0.388 e. The Kier molecular flexibility index (Phi) is 7.44. The molecule has 0 aromatic heterocycles. The van der Waals surface area contributed by atoms with Gasteiger partial charge in [0, 0.05) is 6.42 Å². The van der Waals surface area contributed by atoms with Gasteiger partial charge in [-0.3, -0.25) is 0 Å². The highest BCUT2D eigenvalue weighted by Gasteiger charge is 2.51. The molecule has 4 unspecified atom stereocenters. The smallest absolute Gasteiger partial charge is 0.275 e. The fourth-order valence-electron chi connectivity index (χ4n) is 6.56. The zero-order chi connectivity index (χ0) is 23.9. The van der Waals surface area contributed by atoms with Crippen molar-refractivity contribution in [1.82, 2.24) is 0 Å². The van der Waals surface area contributed by atoms with Crippen LogP contribution < -0.4 is 0 Å². The van der Waals surface area contributed by atoms with E-state index in [2.05, 4.69) is 32.6 Å². The number of alkyl halides is 2. The maximum atomic E-state index is 14.3. The van der Waals surface area contributed by atoms with Crippen LogP contribution in [0.4, 0.5) is 8.78 Å². The van der Waals surface area contributed by atoms with E-state index in [4.69, 9.17) is 0 Å². The Balaban J connectivity index is 1.70. The van der Waals surface area contributed by atoms with Gasteiger partial charge < -0.3 is 15.3 Å². The van der Waals surface area contributed by atoms with Gasteiger partial charge >= 0.3 is 0 Å². The third kappa shape index (κ3) is 5.05. The molecule has 0 bridgehead atoms. The molecular formula is C27H42F2O3. The van der Waals surface area contributed by atoms with Crippen molar-refractivity contribution in [3.8, 4) is 0 Å². The van der Waals surface area contributed by atoms with Crippen LogP contribution in [0.5, 0.6) is 0 Å². The Hall–Kier alpha value is -1.04. The van der Waals surface area contributed by atoms with E-state index in [1.54, 1.807) is 0 Å². The zero-order valence-corrected chi connectivity index (χ0v) is 20.2. The largest absolute Gasteiger partial charge is 0.388 e. The van der Waals surface area contributed by atoms with Crippen LogP contribution in [0, 0.1) is 23.2 Å². The molecule has 6 atom stereocenters. The van der Waals surface area contributed by atoms with Gasteiger partial charge in [-0.1, -0.05) is 43.7 Å². The van der Waals surface area contributed by atoms with Crippen molar-refractivity contribution in [1.29, 1.82) is 0 Å². The highest BCUT2D eigenvalue weighted by molar-refractivity contribution is 5.29. The Labute approximate surface area is 192 Å². The zero-order valence-electron chi connectivity index (χ0n) is 20.2. The van der Waals surface area contributed by atoms with E-state index in [1.807, 2.05) is 0 Å². The first-order valence-electron chi connectivity index (χ1n) is 12.3. The summed E-state index contributed by atoms with van der Waals surface area (Å²) in [7, 11) is 0. The number of halogens is 2. The first kappa shape index (κ1) is 25.6. The molecule has 32 heavy (non-hydrogen) atoms. The summed E-state index contributed by atoms with van der Waals surface area (Å²) in [5.41, 5.74) is 1.11. The molecule has 182 valence electrons. The minimum atomic E-state index is -3.08. The lowest BCUT2D eigenvalue weighted by Crippen LogP contribution is -2.43. The number of hydrogen-bond acceptors (Lipinski definition) is 3. The van der Waals surface area contributed by atoms with E-state index in [0.29, 0.717) is 36.7 Å². The number of fused-ring (bicyclic) bond motifs is 1. The minimum absolute atomic E-state index is 0.117. The normalized spacial score (nSPS) is 37.7. The predicted octanol–water partition coefficient (Wildman–Crippen LogP) is 5.95. The third-order valence-electron chi connectivity index (χ3n) is 8.83. The van der Waals surface area contributed by atoms with Crippen molar-refractivity contribution in [2.75, 3.05) is 0 Å². The summed E-state index contributed by atoms with van der Waals surface area (Å²) in [6, 6.07) is 0. The van der Waals surface area contributed by atoms with E-state index in [-0.39, 0.29) is 17.8 Å². The van der Waals surface area contributed by atoms with Gasteiger partial charge in [-0.2, -0.15) is 0 Å². The molecule has 3 N–H and O–H groups in total. The lowest BCUT2D eigenvalue weighted by molar-refractivity contribution is -0.168. The van der Waals surface area contributed by atoms with Gasteiger partial charge in [-0.25, -0.2) is 8.78 Å². The summed E-state index contributed by atoms with van der Waals surface area (Å²) in [5.74, 6) is -2.03. The average Bonchev–Trinajstić information content (AvgIpc) is 3.05. The van der Waals surface area contributed by atoms with Crippen molar-refractivity contribution in [2.45, 2.75) is 109 Å². The highest BCUT2D eigenvalue weighted by atomic mass is 19.3. The molecule has 5 heteroatoms. The summed E-state index contributed by atoms with van der Waals surface area (Å²) in [4.78, 5) is 0. The lowest BCUT2D eigenvalue weighted by atomic mass is 9.60. The van der Waals surface area contributed by atoms with E-state index in [9.17, 15) is 24.1 Å². The van der Waals surface area contributed by atoms with Crippen molar-refractivity contribution in [2.24, 2.45) is 23.2 Å². The van der Waals surface area contributed by atoms with Crippen molar-refractivity contribution < 1.29 is 24.1 Å². The maximum absolute atomic E-state index is 14.3. The fourth-order valence-corrected chi connectivity index (χ4v) is 6.56. The molecule has 0 saturated heterocycles. The monoisotopic (exact) mass is 452 g/mol. The van der Waals surface area contributed by atoms with Crippen LogP contribution in [0.3, 0.4) is 0 Å². The molecule has 0 heterocycles. The van der Waals surface area contributed by atoms with E-state index >= 15 is 0 Å². The van der Waals surface area contributed by atoms with Gasteiger partial charge in [0.05, 0.1) is 12.2 Å². The summed E-state index contributed by atoms with van der Waals surface area (Å²) in [6.45, 7) is 10.6. The van der Waals surface area contributed by atoms with Crippen molar-refractivity contribution >= 4 is 0 Å². The Morgan fingerprint density at radius 2 is 1.78 bits per heavy atom. The second kappa shape index (κ2) is 9.31. The SMILES string of the molecule is C=C1C(O)CC(=C/C=C2\CCCC3(C)C2CCC3[C@H](C)CCC(F)(F)C(C)(C)O)C[C@H]1O. The van der Waals surface area contributed by atoms with Crippen LogP contribution in [0.1, 0.15) is 85.5 Å². The summed E-state index contributed by atoms with van der Waals surface area (Å²) >= 11 is 0. The van der Waals surface area contributed by atoms with Crippen LogP contribution in [0.25, 0.3) is 0 Å². The predicted molar refractivity (Wildman–Crippen MR) is 124 cm³/mol. The Bertz CT molecular complexity index is 747. The van der Waals surface area contributed by atoms with Crippen LogP contribution >= 0.6 is 0 Å². The molecule has 3 aliphatic carbocycles. The topological polar surface area (TPSA) is 60.7 Å². The quantitative estimate of drug-likeness (QED) is 0.437. The van der Waals surface area contributed by atoms with E-state index in [1.165, 1.54) is 19.4 Å². The van der Waals surface area contributed by atoms with Gasteiger partial charge in [0.2, 0.25) is 0 Å². The molecule has 0 spiro atoms. The summed E-state index contributed by atoms with van der Waals surface area (Å²) in [5, 5.41) is 30.0. The molecule has 3 fully saturated rings. The number of aliphatic hydroxyl groups excluding tert-OH is 2. The van der Waals surface area contributed by atoms with Gasteiger partial charge in [0.15, 0.2) is 0 Å². The molecule has 0 aromatic carbocycles. The summed E-state index contributed by atoms with van der Waals surface area (Å²) in [6.07, 6.45) is 9.55. The summed E-state index contributed by atoms with van der Waals surface area (Å²) < 4.78 is 28.6. The maximum Gasteiger partial charge on any atom is 0.275 e. The molecule has 0 amide bonds. The van der Waals surface area contributed by atoms with Gasteiger partial charge in [0.1, 0.15) is 5.60 Å². The molecule has 3 saturated carbocycles. The van der Waals surface area contributed by atoms with Crippen LogP contribution in [0.15, 0.2) is 35.5 Å². The molecular weight excluding hydrogens is 410 g/mol. The third-order valence-corrected chi connectivity index (χ3v) is 8.83. The second-order valence-electron chi connectivity index (χ2n) is 11.5. The number of hydrogen-bond donors (Lipinski definition) is 3. The molecule has 3 nitrogen and oxygen atoms in total. The van der Waals surface area contributed by atoms with Crippen LogP contribution in [0.2, 0.25) is 0 Å². The first-order valence-corrected chi connectivity index (χ1v) is 12.3. The lowest BCUT2D eigenvalue weighted by Gasteiger charge is -2.44. The van der Waals surface area contributed by atoms with Crippen molar-refractivity contribution in [3.05, 3.63) is 35.5 Å². The second-order valence-corrected chi connectivity index (χ2v) is 11.5. The Morgan fingerprint density at radius 1 is 1.16 bits per heavy atom. The molecule has 0 radical (unpaired) electrons. The molecule has 3 rings (SSSR count). The molecule has 0 aliphatic heterocycles. The first-order chi connectivity index (χ1) is 14.8. The number of allylic oxidation sites excluding steroid dienone is 3. The fraction of sp³-hybridized carbons (Fsp3) is 0.778. The van der Waals surface area contributed by atoms with E-state index in [0.717, 1.165) is 37.7 Å². The number of rotatable bonds is 6. The Morgan fingerprint density at radius 3 is 2.38 bits per heavy atom. The average molecular weight is 453 g/mol. The number of aliphatic hydroxyl groups is 3. The standard InChI is InChI=1S/C27H42F2O3/c1-17(12-14-27(28,29)25(3,4)32)21-10-11-22-20(7-6-13-26(21,22)5)9-8-19-15-23(30)18(2)24(31)16-19/h8-9,17,21-24,30-32H,2,6-7,10-16H2,1,3-5H3/b19-8?,20-9+/t17-,21?,22?,23-,24?,26?/m1/s1. The van der Waals surface area contributed by atoms with Gasteiger partial charge in [0.25, 0.3) is 5.92 Å².